The van der Waals surface area contributed by atoms with E-state index in [0.29, 0.717) is 52.4 Å². The minimum atomic E-state index is -0.551. The van der Waals surface area contributed by atoms with Gasteiger partial charge in [-0.3, -0.25) is 24.0 Å². The Morgan fingerprint density at radius 2 is 1.97 bits per heavy atom. The number of rotatable bonds is 7. The van der Waals surface area contributed by atoms with Gasteiger partial charge in [0, 0.05) is 31.0 Å². The second kappa shape index (κ2) is 8.15. The van der Waals surface area contributed by atoms with Crippen molar-refractivity contribution in [1.82, 2.24) is 14.1 Å². The molecule has 0 radical (unpaired) electrons. The number of non-ortho nitro benzene ring substituents is 1. The second-order valence-corrected chi connectivity index (χ2v) is 7.65. The van der Waals surface area contributed by atoms with Crippen molar-refractivity contribution in [2.75, 3.05) is 5.75 Å². The first-order valence-corrected chi connectivity index (χ1v) is 10.4. The molecule has 0 aliphatic rings. The van der Waals surface area contributed by atoms with Gasteiger partial charge in [0.1, 0.15) is 0 Å². The normalized spacial score (nSPS) is 11.4. The summed E-state index contributed by atoms with van der Waals surface area (Å²) >= 11 is 1.44. The molecule has 0 saturated heterocycles. The average Bonchev–Trinajstić information content (AvgIpc) is 3.05. The summed E-state index contributed by atoms with van der Waals surface area (Å²) in [7, 11) is 0. The molecule has 154 valence electrons. The van der Waals surface area contributed by atoms with Crippen molar-refractivity contribution in [3.8, 4) is 0 Å². The Bertz CT molecular complexity index is 1370. The number of hydrogen-bond donors (Lipinski definition) is 0. The second-order valence-electron chi connectivity index (χ2n) is 6.59. The SMILES string of the molecule is CCn1c(SCCCn2c(=O)oc3ccc([N+](=O)[O-])cc32)nc2ccccc2c1=O. The molecule has 0 amide bonds. The van der Waals surface area contributed by atoms with Crippen LogP contribution in [0.4, 0.5) is 5.69 Å². The van der Waals surface area contributed by atoms with Crippen molar-refractivity contribution in [2.45, 2.75) is 31.6 Å². The molecule has 4 rings (SSSR count). The first kappa shape index (κ1) is 19.9. The van der Waals surface area contributed by atoms with Crippen molar-refractivity contribution in [3.05, 3.63) is 73.5 Å². The number of nitrogens with zero attached hydrogens (tertiary/aromatic N) is 4. The van der Waals surface area contributed by atoms with Crippen LogP contribution in [0.25, 0.3) is 22.0 Å². The number of thioether (sulfide) groups is 1. The zero-order valence-electron chi connectivity index (χ0n) is 16.1. The number of nitro benzene ring substituents is 1. The molecule has 0 saturated carbocycles. The van der Waals surface area contributed by atoms with E-state index in [2.05, 4.69) is 4.98 Å². The molecular formula is C20H18N4O5S. The van der Waals surface area contributed by atoms with Crippen LogP contribution < -0.4 is 11.3 Å². The quantitative estimate of drug-likeness (QED) is 0.146. The summed E-state index contributed by atoms with van der Waals surface area (Å²) in [5.74, 6) is 0.0588. The van der Waals surface area contributed by atoms with Gasteiger partial charge in [-0.15, -0.1) is 0 Å². The number of fused-ring (bicyclic) bond motifs is 2. The zero-order chi connectivity index (χ0) is 21.3. The van der Waals surface area contributed by atoms with Gasteiger partial charge >= 0.3 is 5.76 Å². The molecule has 0 aliphatic carbocycles. The summed E-state index contributed by atoms with van der Waals surface area (Å²) in [4.78, 5) is 39.9. The molecule has 0 unspecified atom stereocenters. The first-order valence-electron chi connectivity index (χ1n) is 9.39. The third-order valence-corrected chi connectivity index (χ3v) is 5.82. The largest absolute Gasteiger partial charge is 0.419 e. The lowest BCUT2D eigenvalue weighted by atomic mass is 10.2. The molecule has 9 nitrogen and oxygen atoms in total. The Morgan fingerprint density at radius 3 is 2.73 bits per heavy atom. The molecule has 2 aromatic heterocycles. The van der Waals surface area contributed by atoms with E-state index in [0.717, 1.165) is 0 Å². The third-order valence-electron chi connectivity index (χ3n) is 4.76. The first-order chi connectivity index (χ1) is 14.5. The molecule has 4 aromatic rings. The number of benzene rings is 2. The summed E-state index contributed by atoms with van der Waals surface area (Å²) in [6, 6.07) is 11.3. The highest BCUT2D eigenvalue weighted by Crippen LogP contribution is 2.22. The molecule has 0 spiro atoms. The van der Waals surface area contributed by atoms with Crippen LogP contribution in [0, 0.1) is 10.1 Å². The van der Waals surface area contributed by atoms with E-state index in [4.69, 9.17) is 4.42 Å². The lowest BCUT2D eigenvalue weighted by Gasteiger charge is -2.11. The minimum absolute atomic E-state index is 0.0741. The topological polar surface area (TPSA) is 113 Å². The van der Waals surface area contributed by atoms with E-state index in [-0.39, 0.29) is 11.2 Å². The van der Waals surface area contributed by atoms with Crippen molar-refractivity contribution in [2.24, 2.45) is 0 Å². The van der Waals surface area contributed by atoms with Gasteiger partial charge in [-0.2, -0.15) is 0 Å². The van der Waals surface area contributed by atoms with Crippen LogP contribution in [-0.4, -0.2) is 24.8 Å². The summed E-state index contributed by atoms with van der Waals surface area (Å²) in [6.07, 6.45) is 0.592. The molecule has 10 heteroatoms. The van der Waals surface area contributed by atoms with Crippen molar-refractivity contribution in [3.63, 3.8) is 0 Å². The van der Waals surface area contributed by atoms with Crippen LogP contribution >= 0.6 is 11.8 Å². The Hall–Kier alpha value is -3.40. The summed E-state index contributed by atoms with van der Waals surface area (Å²) in [5, 5.41) is 12.2. The number of oxazole rings is 1. The fraction of sp³-hybridized carbons (Fsp3) is 0.250. The molecular weight excluding hydrogens is 408 g/mol. The Morgan fingerprint density at radius 1 is 1.17 bits per heavy atom. The van der Waals surface area contributed by atoms with E-state index >= 15 is 0 Å². The standard InChI is InChI=1S/C20H18N4O5S/c1-2-22-18(25)14-6-3-4-7-15(14)21-19(22)30-11-5-10-23-16-12-13(24(27)28)8-9-17(16)29-20(23)26/h3-4,6-9,12H,2,5,10-11H2,1H3. The van der Waals surface area contributed by atoms with Gasteiger partial charge in [0.15, 0.2) is 10.7 Å². The maximum atomic E-state index is 12.7. The Labute approximate surface area is 174 Å². The van der Waals surface area contributed by atoms with Crippen LogP contribution in [0.3, 0.4) is 0 Å². The maximum Gasteiger partial charge on any atom is 0.419 e. The molecule has 0 N–H and O–H groups in total. The highest BCUT2D eigenvalue weighted by molar-refractivity contribution is 7.99. The predicted octanol–water partition coefficient (Wildman–Crippen LogP) is 3.41. The van der Waals surface area contributed by atoms with Crippen LogP contribution in [0.1, 0.15) is 13.3 Å². The van der Waals surface area contributed by atoms with Crippen molar-refractivity contribution in [1.29, 1.82) is 0 Å². The molecule has 0 bridgehead atoms. The summed E-state index contributed by atoms with van der Waals surface area (Å²) < 4.78 is 8.20. The lowest BCUT2D eigenvalue weighted by molar-refractivity contribution is -0.384. The lowest BCUT2D eigenvalue weighted by Crippen LogP contribution is -2.22. The number of aryl methyl sites for hydroxylation is 1. The Kier molecular flexibility index (Phi) is 5.40. The van der Waals surface area contributed by atoms with Crippen molar-refractivity contribution >= 4 is 39.5 Å². The smallest absolute Gasteiger partial charge is 0.408 e. The van der Waals surface area contributed by atoms with Crippen molar-refractivity contribution < 1.29 is 9.34 Å². The molecule has 0 fully saturated rings. The fourth-order valence-corrected chi connectivity index (χ4v) is 4.29. The van der Waals surface area contributed by atoms with E-state index < -0.39 is 10.7 Å². The van der Waals surface area contributed by atoms with E-state index in [9.17, 15) is 19.7 Å². The van der Waals surface area contributed by atoms with Gasteiger partial charge < -0.3 is 4.42 Å². The molecule has 2 aromatic carbocycles. The highest BCUT2D eigenvalue weighted by Gasteiger charge is 2.15. The zero-order valence-corrected chi connectivity index (χ0v) is 16.9. The van der Waals surface area contributed by atoms with Crippen LogP contribution in [0.15, 0.2) is 61.6 Å². The summed E-state index contributed by atoms with van der Waals surface area (Å²) in [6.45, 7) is 2.74. The van der Waals surface area contributed by atoms with E-state index in [1.807, 2.05) is 25.1 Å². The van der Waals surface area contributed by atoms with E-state index in [1.165, 1.54) is 34.5 Å². The van der Waals surface area contributed by atoms with Crippen LogP contribution in [0.5, 0.6) is 0 Å². The van der Waals surface area contributed by atoms with Crippen LogP contribution in [-0.2, 0) is 13.1 Å². The fourth-order valence-electron chi connectivity index (χ4n) is 3.30. The van der Waals surface area contributed by atoms with E-state index in [1.54, 1.807) is 10.6 Å². The highest BCUT2D eigenvalue weighted by atomic mass is 32.2. The average molecular weight is 426 g/mol. The number of para-hydroxylation sites is 1. The number of hydrogen-bond acceptors (Lipinski definition) is 7. The van der Waals surface area contributed by atoms with Gasteiger partial charge in [0.25, 0.3) is 11.2 Å². The van der Waals surface area contributed by atoms with Gasteiger partial charge in [-0.25, -0.2) is 9.78 Å². The van der Waals surface area contributed by atoms with Gasteiger partial charge in [-0.1, -0.05) is 23.9 Å². The van der Waals surface area contributed by atoms with Gasteiger partial charge in [0.2, 0.25) is 0 Å². The minimum Gasteiger partial charge on any atom is -0.408 e. The molecule has 0 aliphatic heterocycles. The molecule has 30 heavy (non-hydrogen) atoms. The monoisotopic (exact) mass is 426 g/mol. The van der Waals surface area contributed by atoms with Crippen LogP contribution in [0.2, 0.25) is 0 Å². The van der Waals surface area contributed by atoms with Gasteiger partial charge in [-0.05, 0) is 31.5 Å². The maximum absolute atomic E-state index is 12.7. The predicted molar refractivity (Wildman–Crippen MR) is 114 cm³/mol. The molecule has 2 heterocycles. The number of aromatic nitrogens is 3. The Balaban J connectivity index is 1.53. The number of nitro groups is 1. The molecule has 0 atom stereocenters. The van der Waals surface area contributed by atoms with Gasteiger partial charge in [0.05, 0.1) is 21.3 Å². The third kappa shape index (κ3) is 3.61. The summed E-state index contributed by atoms with van der Waals surface area (Å²) in [5.41, 5.74) is 1.19.